The van der Waals surface area contributed by atoms with Crippen LogP contribution in [0.25, 0.3) is 0 Å². The number of aliphatic carboxylic acids is 1. The summed E-state index contributed by atoms with van der Waals surface area (Å²) in [5, 5.41) is 17.2. The van der Waals surface area contributed by atoms with Crippen LogP contribution in [0.2, 0.25) is 0 Å². The SMILES string of the molecule is Cc1ccc(O)c(C(=O)N2CCC3(CC2)COC(CN2CCOCC2)C3)c1.O=C(O)C(F)(F)F. The standard InChI is InChI=1S/C21H30N2O4.C2HF3O2/c1-16-2-3-19(24)18(12-16)20(25)23-6-4-21(5-7-23)13-17(27-15-21)14-22-8-10-26-11-9-22;3-2(4,5)1(6)7/h2-3,12,17,24H,4-11,13-15H2,1H3;(H,6,7). The van der Waals surface area contributed by atoms with Crippen molar-refractivity contribution in [1.29, 1.82) is 0 Å². The van der Waals surface area contributed by atoms with Crippen molar-refractivity contribution < 1.29 is 42.4 Å². The lowest BCUT2D eigenvalue weighted by atomic mass is 9.76. The van der Waals surface area contributed by atoms with Gasteiger partial charge >= 0.3 is 12.1 Å². The summed E-state index contributed by atoms with van der Waals surface area (Å²) < 4.78 is 43.3. The fourth-order valence-corrected chi connectivity index (χ4v) is 4.61. The number of amides is 1. The van der Waals surface area contributed by atoms with Crippen LogP contribution in [0, 0.1) is 12.3 Å². The molecular weight excluding hydrogens is 457 g/mol. The first-order chi connectivity index (χ1) is 16.0. The van der Waals surface area contributed by atoms with Gasteiger partial charge in [-0.3, -0.25) is 9.69 Å². The van der Waals surface area contributed by atoms with E-state index in [1.54, 1.807) is 12.1 Å². The summed E-state index contributed by atoms with van der Waals surface area (Å²) in [6, 6.07) is 5.20. The van der Waals surface area contributed by atoms with Crippen LogP contribution < -0.4 is 0 Å². The molecule has 2 N–H and O–H groups in total. The van der Waals surface area contributed by atoms with Gasteiger partial charge in [0.2, 0.25) is 0 Å². The highest BCUT2D eigenvalue weighted by Gasteiger charge is 2.43. The Hall–Kier alpha value is -2.37. The smallest absolute Gasteiger partial charge is 0.490 e. The molecule has 0 aromatic heterocycles. The molecule has 34 heavy (non-hydrogen) atoms. The number of carboxylic acids is 1. The first-order valence-corrected chi connectivity index (χ1v) is 11.3. The number of halogens is 3. The zero-order chi connectivity index (χ0) is 24.9. The molecule has 0 aliphatic carbocycles. The third-order valence-corrected chi connectivity index (χ3v) is 6.59. The molecule has 3 aliphatic rings. The van der Waals surface area contributed by atoms with Crippen molar-refractivity contribution in [3.05, 3.63) is 29.3 Å². The Labute approximate surface area is 196 Å². The third kappa shape index (κ3) is 6.83. The van der Waals surface area contributed by atoms with Crippen molar-refractivity contribution in [1.82, 2.24) is 9.80 Å². The summed E-state index contributed by atoms with van der Waals surface area (Å²) in [5.41, 5.74) is 1.61. The average Bonchev–Trinajstić information content (AvgIpc) is 3.17. The zero-order valence-corrected chi connectivity index (χ0v) is 19.1. The van der Waals surface area contributed by atoms with Crippen molar-refractivity contribution in [2.45, 2.75) is 38.5 Å². The molecule has 11 heteroatoms. The van der Waals surface area contributed by atoms with Crippen molar-refractivity contribution in [3.63, 3.8) is 0 Å². The largest absolute Gasteiger partial charge is 0.507 e. The van der Waals surface area contributed by atoms with Crippen molar-refractivity contribution in [3.8, 4) is 5.75 Å². The molecule has 3 saturated heterocycles. The minimum Gasteiger partial charge on any atom is -0.507 e. The maximum absolute atomic E-state index is 12.8. The van der Waals surface area contributed by atoms with Crippen LogP contribution in [-0.4, -0.2) is 96.7 Å². The topological polar surface area (TPSA) is 99.5 Å². The molecule has 8 nitrogen and oxygen atoms in total. The molecule has 0 saturated carbocycles. The first-order valence-electron chi connectivity index (χ1n) is 11.3. The second-order valence-electron chi connectivity index (χ2n) is 9.17. The minimum absolute atomic E-state index is 0.0603. The van der Waals surface area contributed by atoms with Crippen molar-refractivity contribution in [2.75, 3.05) is 52.5 Å². The summed E-state index contributed by atoms with van der Waals surface area (Å²) in [5.74, 6) is -2.75. The Kier molecular flexibility index (Phi) is 8.43. The number of carbonyl (C=O) groups is 2. The van der Waals surface area contributed by atoms with E-state index in [1.807, 2.05) is 17.9 Å². The second-order valence-corrected chi connectivity index (χ2v) is 9.17. The van der Waals surface area contributed by atoms with Crippen molar-refractivity contribution >= 4 is 11.9 Å². The average molecular weight is 489 g/mol. The number of nitrogens with zero attached hydrogens (tertiary/aromatic N) is 2. The third-order valence-electron chi connectivity index (χ3n) is 6.59. The number of hydrogen-bond acceptors (Lipinski definition) is 6. The number of morpholine rings is 1. The number of carbonyl (C=O) groups excluding carboxylic acids is 1. The van der Waals surface area contributed by atoms with Crippen LogP contribution in [0.3, 0.4) is 0 Å². The van der Waals surface area contributed by atoms with E-state index in [0.717, 1.165) is 77.4 Å². The number of rotatable bonds is 3. The van der Waals surface area contributed by atoms with Crippen LogP contribution in [0.15, 0.2) is 18.2 Å². The Bertz CT molecular complexity index is 865. The van der Waals surface area contributed by atoms with Gasteiger partial charge in [0, 0.05) is 32.7 Å². The van der Waals surface area contributed by atoms with E-state index in [2.05, 4.69) is 4.90 Å². The van der Waals surface area contributed by atoms with E-state index in [-0.39, 0.29) is 17.1 Å². The van der Waals surface area contributed by atoms with E-state index < -0.39 is 12.1 Å². The van der Waals surface area contributed by atoms with E-state index >= 15 is 0 Å². The first kappa shape index (κ1) is 26.2. The Balaban J connectivity index is 0.000000406. The normalized spacial score (nSPS) is 22.8. The van der Waals surface area contributed by atoms with Gasteiger partial charge in [-0.1, -0.05) is 11.6 Å². The lowest BCUT2D eigenvalue weighted by molar-refractivity contribution is -0.192. The van der Waals surface area contributed by atoms with E-state index in [0.29, 0.717) is 11.7 Å². The fourth-order valence-electron chi connectivity index (χ4n) is 4.61. The van der Waals surface area contributed by atoms with Gasteiger partial charge in [0.1, 0.15) is 5.75 Å². The predicted molar refractivity (Wildman–Crippen MR) is 116 cm³/mol. The van der Waals surface area contributed by atoms with Crippen LogP contribution in [0.5, 0.6) is 5.75 Å². The maximum atomic E-state index is 12.8. The van der Waals surface area contributed by atoms with Crippen LogP contribution in [0.1, 0.15) is 35.2 Å². The summed E-state index contributed by atoms with van der Waals surface area (Å²) in [6.07, 6.45) is -1.75. The summed E-state index contributed by atoms with van der Waals surface area (Å²) in [6.45, 7) is 8.84. The molecule has 0 radical (unpaired) electrons. The van der Waals surface area contributed by atoms with Crippen LogP contribution >= 0.6 is 0 Å². The quantitative estimate of drug-likeness (QED) is 0.675. The Morgan fingerprint density at radius 3 is 2.35 bits per heavy atom. The molecule has 1 atom stereocenters. The van der Waals surface area contributed by atoms with E-state index in [9.17, 15) is 23.1 Å². The molecule has 1 unspecified atom stereocenters. The molecular formula is C23H31F3N2O6. The number of hydrogen-bond donors (Lipinski definition) is 2. The molecule has 0 bridgehead atoms. The summed E-state index contributed by atoms with van der Waals surface area (Å²) in [7, 11) is 0. The van der Waals surface area contributed by atoms with Gasteiger partial charge in [0.25, 0.3) is 5.91 Å². The predicted octanol–water partition coefficient (Wildman–Crippen LogP) is 2.68. The molecule has 190 valence electrons. The molecule has 1 amide bonds. The number of piperidine rings is 1. The minimum atomic E-state index is -5.08. The van der Waals surface area contributed by atoms with E-state index in [1.165, 1.54) is 0 Å². The molecule has 4 rings (SSSR count). The Morgan fingerprint density at radius 2 is 1.76 bits per heavy atom. The number of ether oxygens (including phenoxy) is 2. The number of aryl methyl sites for hydroxylation is 1. The number of carboxylic acid groups (broad SMARTS) is 1. The number of phenols is 1. The van der Waals surface area contributed by atoms with Crippen molar-refractivity contribution in [2.24, 2.45) is 5.41 Å². The van der Waals surface area contributed by atoms with Crippen LogP contribution in [0.4, 0.5) is 13.2 Å². The lowest BCUT2D eigenvalue weighted by Gasteiger charge is -2.38. The fraction of sp³-hybridized carbons (Fsp3) is 0.652. The lowest BCUT2D eigenvalue weighted by Crippen LogP contribution is -2.44. The molecule has 1 aromatic carbocycles. The van der Waals surface area contributed by atoms with E-state index in [4.69, 9.17) is 19.4 Å². The second kappa shape index (κ2) is 10.9. The highest BCUT2D eigenvalue weighted by Crippen LogP contribution is 2.42. The molecule has 3 fully saturated rings. The summed E-state index contributed by atoms with van der Waals surface area (Å²) in [4.78, 5) is 26.0. The van der Waals surface area contributed by atoms with Gasteiger partial charge in [-0.2, -0.15) is 13.2 Å². The van der Waals surface area contributed by atoms with Gasteiger partial charge in [0.15, 0.2) is 0 Å². The summed E-state index contributed by atoms with van der Waals surface area (Å²) >= 11 is 0. The highest BCUT2D eigenvalue weighted by atomic mass is 19.4. The van der Waals surface area contributed by atoms with Gasteiger partial charge < -0.3 is 24.6 Å². The molecule has 3 heterocycles. The number of phenolic OH excluding ortho intramolecular Hbond substituents is 1. The van der Waals surface area contributed by atoms with Gasteiger partial charge in [-0.15, -0.1) is 0 Å². The van der Waals surface area contributed by atoms with Gasteiger partial charge in [-0.05, 0) is 43.7 Å². The molecule has 3 aliphatic heterocycles. The molecule has 1 aromatic rings. The van der Waals surface area contributed by atoms with Gasteiger partial charge in [-0.25, -0.2) is 4.79 Å². The number of aromatic hydroxyl groups is 1. The molecule has 1 spiro atoms. The number of alkyl halides is 3. The highest BCUT2D eigenvalue weighted by molar-refractivity contribution is 5.97. The zero-order valence-electron chi connectivity index (χ0n) is 19.1. The number of benzene rings is 1. The Morgan fingerprint density at radius 1 is 1.15 bits per heavy atom. The van der Waals surface area contributed by atoms with Crippen LogP contribution in [-0.2, 0) is 14.3 Å². The number of likely N-dealkylation sites (tertiary alicyclic amines) is 1. The maximum Gasteiger partial charge on any atom is 0.490 e. The van der Waals surface area contributed by atoms with Gasteiger partial charge in [0.05, 0.1) is 31.5 Å². The monoisotopic (exact) mass is 488 g/mol.